The van der Waals surface area contributed by atoms with Crippen molar-refractivity contribution in [3.8, 4) is 45.8 Å². The van der Waals surface area contributed by atoms with Gasteiger partial charge in [-0.25, -0.2) is 19.9 Å². The average Bonchev–Trinajstić information content (AvgIpc) is 1.72. The Morgan fingerprint density at radius 3 is 0.780 bits per heavy atom. The smallest absolute Gasteiger partial charge is 0.226 e. The number of rotatable bonds is 37. The number of pyridine rings is 2. The van der Waals surface area contributed by atoms with Gasteiger partial charge in [0.25, 0.3) is 0 Å². The number of carbonyl (C=O) groups excluding carboxylic acids is 4. The second-order valence-corrected chi connectivity index (χ2v) is 30.9. The van der Waals surface area contributed by atoms with E-state index < -0.39 is 0 Å². The summed E-state index contributed by atoms with van der Waals surface area (Å²) in [6.45, 7) is 16.0. The van der Waals surface area contributed by atoms with E-state index in [1.54, 1.807) is 71.8 Å². The SMILES string of the molecule is CCc1ccc(-c2nc(CSCC(=O)CCCc3ccccc3)c(C)o2)cc1.Cc1ccc(-c2nc(CSCC(=O)CCCc3ccccc3)c(C)o2)cc1.Cc1ccc(-c2nc(CSCC(=O)CCCc3ccncc3)c(C)o2)cc1.Cc1ccc(-c2nc(CSCC(=O)CCCc3ccncc3)c(C)o2)cc1. The fourth-order valence-corrected chi connectivity index (χ4v) is 15.1. The van der Waals surface area contributed by atoms with Crippen LogP contribution in [0.25, 0.3) is 45.8 Å². The van der Waals surface area contributed by atoms with Crippen molar-refractivity contribution in [2.24, 2.45) is 0 Å². The largest absolute Gasteiger partial charge is 0.441 e. The molecule has 0 aliphatic rings. The zero-order chi connectivity index (χ0) is 77.0. The Kier molecular flexibility index (Phi) is 34.9. The number of benzene rings is 6. The Morgan fingerprint density at radius 1 is 0.294 bits per heavy atom. The van der Waals surface area contributed by atoms with Crippen molar-refractivity contribution in [3.63, 3.8) is 0 Å². The lowest BCUT2D eigenvalue weighted by Crippen LogP contribution is -2.02. The van der Waals surface area contributed by atoms with E-state index in [1.807, 2.05) is 149 Å². The lowest BCUT2D eigenvalue weighted by molar-refractivity contribution is -0.117. The van der Waals surface area contributed by atoms with Crippen LogP contribution in [0.1, 0.15) is 149 Å². The zero-order valence-corrected chi connectivity index (χ0v) is 67.3. The minimum absolute atomic E-state index is 0.286. The first-order valence-electron chi connectivity index (χ1n) is 37.4. The van der Waals surface area contributed by atoms with Crippen molar-refractivity contribution in [3.05, 3.63) is 297 Å². The van der Waals surface area contributed by atoms with Gasteiger partial charge in [0.05, 0.1) is 45.8 Å². The molecule has 0 fully saturated rings. The highest BCUT2D eigenvalue weighted by Gasteiger charge is 2.18. The number of aryl methyl sites for hydroxylation is 12. The lowest BCUT2D eigenvalue weighted by atomic mass is 10.1. The van der Waals surface area contributed by atoms with Crippen LogP contribution in [0.2, 0.25) is 0 Å². The van der Waals surface area contributed by atoms with E-state index >= 15 is 0 Å². The molecular formula is C91H100N6O8S4. The lowest BCUT2D eigenvalue weighted by Gasteiger charge is -2.02. The zero-order valence-electron chi connectivity index (χ0n) is 64.1. The van der Waals surface area contributed by atoms with Crippen LogP contribution in [0, 0.1) is 48.5 Å². The predicted octanol–water partition coefficient (Wildman–Crippen LogP) is 22.2. The highest BCUT2D eigenvalue weighted by Crippen LogP contribution is 2.30. The number of aromatic nitrogens is 6. The monoisotopic (exact) mass is 1530 g/mol. The Morgan fingerprint density at radius 2 is 0.532 bits per heavy atom. The van der Waals surface area contributed by atoms with Gasteiger partial charge in [-0.1, -0.05) is 133 Å². The molecule has 0 spiro atoms. The summed E-state index contributed by atoms with van der Waals surface area (Å²) < 4.78 is 23.2. The molecular weight excluding hydrogens is 1430 g/mol. The molecule has 0 amide bonds. The van der Waals surface area contributed by atoms with Gasteiger partial charge in [-0.15, -0.1) is 47.0 Å². The standard InChI is InChI=1S/C24H27NO2S.C23H25NO2S.2C22H24N2O2S/c1-3-19-12-14-21(15-13-19)24-25-23(18(2)27-24)17-28-16-22(26)11-7-10-20-8-5-4-6-9-20;1-17-11-13-20(14-12-17)23-24-22(18(2)26-23)16-27-15-21(25)10-6-9-19-7-4-3-5-8-19;2*1-16-6-8-19(9-7-16)22-24-21(17(2)26-22)15-27-14-20(25)5-3-4-18-10-12-23-13-11-18/h4-6,8-9,12-15H,3,7,10-11,16-17H2,1-2H3;3-5,7-8,11-14H,6,9-10,15-16H2,1-2H3;2*6-13H,3-5,14-15H2,1-2H3. The van der Waals surface area contributed by atoms with E-state index in [0.717, 1.165) is 126 Å². The van der Waals surface area contributed by atoms with Crippen LogP contribution in [-0.4, -0.2) is 76.0 Å². The first-order valence-corrected chi connectivity index (χ1v) is 42.0. The fourth-order valence-electron chi connectivity index (χ4n) is 11.4. The van der Waals surface area contributed by atoms with Crippen LogP contribution in [0.5, 0.6) is 0 Å². The van der Waals surface area contributed by atoms with Crippen molar-refractivity contribution < 1.29 is 36.8 Å². The van der Waals surface area contributed by atoms with E-state index in [9.17, 15) is 19.2 Å². The molecule has 6 aromatic heterocycles. The van der Waals surface area contributed by atoms with Crippen molar-refractivity contribution in [2.45, 2.75) is 162 Å². The molecule has 0 radical (unpaired) electrons. The van der Waals surface area contributed by atoms with Crippen LogP contribution in [0.4, 0.5) is 0 Å². The maximum absolute atomic E-state index is 12.1. The first kappa shape index (κ1) is 83.6. The summed E-state index contributed by atoms with van der Waals surface area (Å²) in [5.41, 5.74) is 17.6. The van der Waals surface area contributed by atoms with Crippen molar-refractivity contribution in [1.82, 2.24) is 29.9 Å². The molecule has 12 aromatic rings. The minimum atomic E-state index is 0.286. The molecule has 6 aromatic carbocycles. The molecule has 12 rings (SSSR count). The number of nitrogens with zero attached hydrogens (tertiary/aromatic N) is 6. The molecule has 6 heterocycles. The number of hydrogen-bond donors (Lipinski definition) is 0. The molecule has 0 aliphatic heterocycles. The number of carbonyl (C=O) groups is 4. The van der Waals surface area contributed by atoms with Gasteiger partial charge in [0.2, 0.25) is 23.6 Å². The molecule has 0 saturated heterocycles. The topological polar surface area (TPSA) is 198 Å². The van der Waals surface area contributed by atoms with Gasteiger partial charge in [-0.2, -0.15) is 0 Å². The molecule has 0 unspecified atom stereocenters. The predicted molar refractivity (Wildman–Crippen MR) is 448 cm³/mol. The van der Waals surface area contributed by atoms with E-state index in [2.05, 4.69) is 118 Å². The molecule has 0 atom stereocenters. The highest BCUT2D eigenvalue weighted by atomic mass is 32.2. The average molecular weight is 1530 g/mol. The normalized spacial score (nSPS) is 10.9. The third kappa shape index (κ3) is 29.5. The number of thioether (sulfide) groups is 4. The maximum Gasteiger partial charge on any atom is 0.226 e. The molecule has 0 bridgehead atoms. The number of oxazole rings is 4. The Balaban J connectivity index is 0.000000167. The third-order valence-corrected chi connectivity index (χ3v) is 22.0. The first-order chi connectivity index (χ1) is 53.0. The van der Waals surface area contributed by atoms with E-state index in [-0.39, 0.29) is 11.6 Å². The van der Waals surface area contributed by atoms with Crippen molar-refractivity contribution in [1.29, 1.82) is 0 Å². The van der Waals surface area contributed by atoms with E-state index in [0.29, 0.717) is 107 Å². The van der Waals surface area contributed by atoms with E-state index in [1.165, 1.54) is 44.5 Å². The Labute approximate surface area is 660 Å². The molecule has 18 heteroatoms. The van der Waals surface area contributed by atoms with Gasteiger partial charge < -0.3 is 17.7 Å². The van der Waals surface area contributed by atoms with Crippen LogP contribution in [0.15, 0.2) is 224 Å². The van der Waals surface area contributed by atoms with Crippen molar-refractivity contribution in [2.75, 3.05) is 23.0 Å². The molecule has 0 N–H and O–H groups in total. The molecule has 566 valence electrons. The summed E-state index contributed by atoms with van der Waals surface area (Å²) in [7, 11) is 0. The molecule has 109 heavy (non-hydrogen) atoms. The van der Waals surface area contributed by atoms with Crippen molar-refractivity contribution >= 4 is 70.2 Å². The summed E-state index contributed by atoms with van der Waals surface area (Å²) in [5.74, 6) is 12.0. The second kappa shape index (κ2) is 45.5. The number of ketones is 4. The van der Waals surface area contributed by atoms with Crippen LogP contribution in [0.3, 0.4) is 0 Å². The maximum atomic E-state index is 12.1. The number of hydrogen-bond acceptors (Lipinski definition) is 18. The van der Waals surface area contributed by atoms with Gasteiger partial charge in [0.1, 0.15) is 46.2 Å². The van der Waals surface area contributed by atoms with Gasteiger partial charge in [-0.3, -0.25) is 29.1 Å². The van der Waals surface area contributed by atoms with Gasteiger partial charge in [-0.05, 0) is 207 Å². The van der Waals surface area contributed by atoms with Gasteiger partial charge in [0, 0.05) is 95.7 Å². The minimum Gasteiger partial charge on any atom is -0.441 e. The molecule has 14 nitrogen and oxygen atoms in total. The van der Waals surface area contributed by atoms with Gasteiger partial charge in [0.15, 0.2) is 0 Å². The molecule has 0 saturated carbocycles. The summed E-state index contributed by atoms with van der Waals surface area (Å²) in [6, 6.07) is 61.4. The summed E-state index contributed by atoms with van der Waals surface area (Å²) in [6.07, 6.45) is 18.0. The summed E-state index contributed by atoms with van der Waals surface area (Å²) >= 11 is 6.44. The Bertz CT molecular complexity index is 4340. The highest BCUT2D eigenvalue weighted by molar-refractivity contribution is 7.99. The number of Topliss-reactive ketones (excluding diaryl/α,β-unsaturated/α-hetero) is 4. The molecule has 0 aliphatic carbocycles. The van der Waals surface area contributed by atoms with E-state index in [4.69, 9.17) is 17.7 Å². The van der Waals surface area contributed by atoms with Crippen LogP contribution >= 0.6 is 47.0 Å². The Hall–Kier alpha value is -9.46. The fraction of sp³-hybridized carbons (Fsp3) is 0.319. The van der Waals surface area contributed by atoms with Crippen LogP contribution in [-0.2, 0) is 74.3 Å². The summed E-state index contributed by atoms with van der Waals surface area (Å²) in [4.78, 5) is 74.9. The van der Waals surface area contributed by atoms with Crippen LogP contribution < -0.4 is 0 Å². The quantitative estimate of drug-likeness (QED) is 0.0356. The second-order valence-electron chi connectivity index (χ2n) is 27.0. The third-order valence-electron chi connectivity index (χ3n) is 18.0. The van der Waals surface area contributed by atoms with Gasteiger partial charge >= 0.3 is 0 Å². The summed E-state index contributed by atoms with van der Waals surface area (Å²) in [5, 5.41) is 0.